The fourth-order valence-corrected chi connectivity index (χ4v) is 4.63. The van der Waals surface area contributed by atoms with Crippen LogP contribution in [0.1, 0.15) is 22.3 Å². The average molecular weight is 453 g/mol. The maximum atomic E-state index is 4.07. The molecule has 0 aliphatic heterocycles. The summed E-state index contributed by atoms with van der Waals surface area (Å²) in [7, 11) is -0.260. The van der Waals surface area contributed by atoms with Gasteiger partial charge in [-0.25, -0.2) is 0 Å². The quantitative estimate of drug-likeness (QED) is 0.288. The van der Waals surface area contributed by atoms with E-state index in [0.717, 1.165) is 6.16 Å². The molecule has 142 valence electrons. The second kappa shape index (κ2) is 14.5. The van der Waals surface area contributed by atoms with Gasteiger partial charge in [-0.15, -0.1) is 0 Å². The van der Waals surface area contributed by atoms with E-state index in [9.17, 15) is 0 Å². The Bertz CT molecular complexity index is 693. The summed E-state index contributed by atoms with van der Waals surface area (Å²) in [5.74, 6) is 0. The zero-order valence-electron chi connectivity index (χ0n) is 16.5. The van der Waals surface area contributed by atoms with Crippen LogP contribution < -0.4 is 35.4 Å². The molecule has 0 amide bonds. The zero-order chi connectivity index (χ0) is 17.5. The first-order valence-electron chi connectivity index (χ1n) is 8.41. The average Bonchev–Trinajstić information content (AvgIpc) is 2.84. The molecule has 0 fully saturated rings. The van der Waals surface area contributed by atoms with Gasteiger partial charge in [0.1, 0.15) is 0 Å². The molecule has 4 heteroatoms. The molecular formula is C23H27Cl2PTi. The standard InChI is InChI=1S/C14H14P.C9H13.2ClH.Ti/c1-2-15(13-9-5-3-6-10-13)14-11-7-4-8-12-14;1-6-5-7(2)9(4)8(6)3;;;/h3-12H,1-2H2;5H,1-4H3;2*1H;/q2*-1;;;+4/p-2. The number of halogens is 2. The van der Waals surface area contributed by atoms with Crippen LogP contribution in [0.15, 0.2) is 66.7 Å². The van der Waals surface area contributed by atoms with Crippen LogP contribution in [-0.4, -0.2) is 6.16 Å². The van der Waals surface area contributed by atoms with Gasteiger partial charge in [-0.3, -0.25) is 0 Å². The Morgan fingerprint density at radius 1 is 0.704 bits per heavy atom. The molecule has 0 aliphatic carbocycles. The van der Waals surface area contributed by atoms with Crippen LogP contribution in [0.25, 0.3) is 0 Å². The first kappa shape index (κ1) is 28.7. The van der Waals surface area contributed by atoms with Gasteiger partial charge >= 0.3 is 21.7 Å². The van der Waals surface area contributed by atoms with Gasteiger partial charge in [0, 0.05) is 0 Å². The minimum absolute atomic E-state index is 0. The van der Waals surface area contributed by atoms with Crippen molar-refractivity contribution in [3.63, 3.8) is 0 Å². The number of aryl methyl sites for hydroxylation is 2. The van der Waals surface area contributed by atoms with Gasteiger partial charge in [-0.2, -0.15) is 34.5 Å². The SMILES string of the molecule is Cc1[cH-]c(C)c(C)c1C.[CH2-]CP(c1ccccc1)c1ccccc1.[Cl-].[Cl-].[Ti+4]. The Kier molecular flexibility index (Phi) is 15.4. The molecule has 3 aromatic carbocycles. The molecular weight excluding hydrogens is 426 g/mol. The molecule has 3 aromatic rings. The molecule has 0 heterocycles. The van der Waals surface area contributed by atoms with Crippen molar-refractivity contribution in [1.82, 2.24) is 0 Å². The van der Waals surface area contributed by atoms with Gasteiger partial charge in [0.05, 0.1) is 0 Å². The van der Waals surface area contributed by atoms with Crippen molar-refractivity contribution < 1.29 is 46.5 Å². The fraction of sp³-hybridized carbons (Fsp3) is 0.217. The number of hydrogen-bond acceptors (Lipinski definition) is 0. The van der Waals surface area contributed by atoms with Gasteiger partial charge in [0.2, 0.25) is 0 Å². The van der Waals surface area contributed by atoms with Gasteiger partial charge in [0.15, 0.2) is 0 Å². The third-order valence-electron chi connectivity index (χ3n) is 4.54. The predicted octanol–water partition coefficient (Wildman–Crippen LogP) is -0.402. The molecule has 0 nitrogen and oxygen atoms in total. The normalized spacial score (nSPS) is 9.26. The molecule has 0 atom stereocenters. The monoisotopic (exact) mass is 452 g/mol. The van der Waals surface area contributed by atoms with Crippen molar-refractivity contribution >= 4 is 18.5 Å². The maximum Gasteiger partial charge on any atom is 4.00 e. The Morgan fingerprint density at radius 3 is 1.26 bits per heavy atom. The molecule has 0 spiro atoms. The van der Waals surface area contributed by atoms with Crippen molar-refractivity contribution in [2.75, 3.05) is 6.16 Å². The van der Waals surface area contributed by atoms with Crippen molar-refractivity contribution in [2.45, 2.75) is 27.7 Å². The van der Waals surface area contributed by atoms with Crippen LogP contribution in [0.5, 0.6) is 0 Å². The third-order valence-corrected chi connectivity index (χ3v) is 6.83. The first-order valence-corrected chi connectivity index (χ1v) is 9.94. The summed E-state index contributed by atoms with van der Waals surface area (Å²) in [5, 5.41) is 2.82. The van der Waals surface area contributed by atoms with E-state index >= 15 is 0 Å². The van der Waals surface area contributed by atoms with Crippen LogP contribution in [0.3, 0.4) is 0 Å². The Hall–Kier alpha value is -0.486. The Labute approximate surface area is 194 Å². The molecule has 0 unspecified atom stereocenters. The molecule has 0 saturated heterocycles. The topological polar surface area (TPSA) is 0 Å². The Morgan fingerprint density at radius 2 is 1.04 bits per heavy atom. The van der Waals surface area contributed by atoms with E-state index in [1.54, 1.807) is 0 Å². The number of hydrogen-bond donors (Lipinski definition) is 0. The van der Waals surface area contributed by atoms with E-state index in [2.05, 4.69) is 101 Å². The van der Waals surface area contributed by atoms with Gasteiger partial charge in [-0.05, 0) is 10.6 Å². The second-order valence-corrected chi connectivity index (χ2v) is 8.42. The van der Waals surface area contributed by atoms with Gasteiger partial charge in [0.25, 0.3) is 0 Å². The van der Waals surface area contributed by atoms with Crippen molar-refractivity contribution in [2.24, 2.45) is 0 Å². The summed E-state index contributed by atoms with van der Waals surface area (Å²) < 4.78 is 0. The van der Waals surface area contributed by atoms with E-state index in [1.165, 1.54) is 32.9 Å². The molecule has 0 saturated carbocycles. The van der Waals surface area contributed by atoms with E-state index in [-0.39, 0.29) is 54.5 Å². The van der Waals surface area contributed by atoms with Crippen molar-refractivity contribution in [1.29, 1.82) is 0 Å². The van der Waals surface area contributed by atoms with E-state index < -0.39 is 0 Å². The van der Waals surface area contributed by atoms with Crippen LogP contribution in [0, 0.1) is 34.6 Å². The van der Waals surface area contributed by atoms with Crippen molar-refractivity contribution in [3.05, 3.63) is 95.9 Å². The van der Waals surface area contributed by atoms with Crippen LogP contribution in [-0.2, 0) is 21.7 Å². The molecule has 0 N–H and O–H groups in total. The summed E-state index contributed by atoms with van der Waals surface area (Å²) in [6.45, 7) is 12.7. The molecule has 0 radical (unpaired) electrons. The molecule has 27 heavy (non-hydrogen) atoms. The van der Waals surface area contributed by atoms with Gasteiger partial charge < -0.3 is 31.7 Å². The van der Waals surface area contributed by atoms with Crippen LogP contribution >= 0.6 is 7.92 Å². The first-order chi connectivity index (χ1) is 11.5. The minimum Gasteiger partial charge on any atom is -1.00 e. The van der Waals surface area contributed by atoms with E-state index in [0.29, 0.717) is 0 Å². The second-order valence-electron chi connectivity index (χ2n) is 6.08. The van der Waals surface area contributed by atoms with E-state index in [4.69, 9.17) is 0 Å². The largest absolute Gasteiger partial charge is 4.00 e. The summed E-state index contributed by atoms with van der Waals surface area (Å²) >= 11 is 0. The zero-order valence-corrected chi connectivity index (χ0v) is 20.4. The fourth-order valence-electron chi connectivity index (χ4n) is 2.76. The smallest absolute Gasteiger partial charge is 1.00 e. The summed E-state index contributed by atoms with van der Waals surface area (Å²) in [6, 6.07) is 23.6. The predicted molar refractivity (Wildman–Crippen MR) is 110 cm³/mol. The molecule has 0 bridgehead atoms. The van der Waals surface area contributed by atoms with Crippen molar-refractivity contribution in [3.8, 4) is 0 Å². The molecule has 3 rings (SSSR count). The molecule has 0 aromatic heterocycles. The Balaban J connectivity index is 0. The van der Waals surface area contributed by atoms with Crippen LogP contribution in [0.4, 0.5) is 0 Å². The maximum absolute atomic E-state index is 4.07. The molecule has 0 aliphatic rings. The number of rotatable bonds is 3. The summed E-state index contributed by atoms with van der Waals surface area (Å²) in [5.41, 5.74) is 5.75. The van der Waals surface area contributed by atoms with E-state index in [1.807, 2.05) is 0 Å². The number of benzene rings is 2. The summed E-state index contributed by atoms with van der Waals surface area (Å²) in [6.07, 6.45) is 0.962. The van der Waals surface area contributed by atoms with Gasteiger partial charge in [-0.1, -0.05) is 96.3 Å². The summed E-state index contributed by atoms with van der Waals surface area (Å²) in [4.78, 5) is 0. The van der Waals surface area contributed by atoms with Crippen LogP contribution in [0.2, 0.25) is 0 Å². The third kappa shape index (κ3) is 8.19. The minimum atomic E-state index is -0.260.